The summed E-state index contributed by atoms with van der Waals surface area (Å²) in [6.45, 7) is 9.82. The van der Waals surface area contributed by atoms with Gasteiger partial charge in [0.25, 0.3) is 0 Å². The van der Waals surface area contributed by atoms with Gasteiger partial charge in [0.2, 0.25) is 0 Å². The van der Waals surface area contributed by atoms with Crippen molar-refractivity contribution in [1.82, 2.24) is 15.2 Å². The number of nitrogens with zero attached hydrogens (tertiary/aromatic N) is 4. The Morgan fingerprint density at radius 3 is 2.87 bits per heavy atom. The van der Waals surface area contributed by atoms with Gasteiger partial charge in [-0.3, -0.25) is 4.99 Å². The van der Waals surface area contributed by atoms with Gasteiger partial charge in [0.1, 0.15) is 6.10 Å². The number of nitrogens with one attached hydrogen (secondary N) is 1. The minimum atomic E-state index is 0.0828. The van der Waals surface area contributed by atoms with E-state index < -0.39 is 0 Å². The lowest BCUT2D eigenvalue weighted by Crippen LogP contribution is -2.48. The van der Waals surface area contributed by atoms with Crippen LogP contribution in [-0.2, 0) is 11.2 Å². The fourth-order valence-electron chi connectivity index (χ4n) is 4.32. The molecule has 2 saturated heterocycles. The maximum atomic E-state index is 6.10. The van der Waals surface area contributed by atoms with E-state index in [4.69, 9.17) is 9.72 Å². The van der Waals surface area contributed by atoms with Crippen LogP contribution in [0.25, 0.3) is 0 Å². The summed E-state index contributed by atoms with van der Waals surface area (Å²) in [5, 5.41) is 6.91. The molecule has 0 spiro atoms. The molecule has 0 saturated carbocycles. The zero-order valence-electron chi connectivity index (χ0n) is 18.4. The van der Waals surface area contributed by atoms with Gasteiger partial charge in [0, 0.05) is 45.0 Å². The molecule has 0 amide bonds. The topological polar surface area (TPSA) is 53.0 Å². The minimum Gasteiger partial charge on any atom is -0.370 e. The monoisotopic (exact) mass is 427 g/mol. The number of benzene rings is 1. The standard InChI is InChI=1S/C23H33N5OS/c1-17-6-7-20(18(2)14-17)21-15-28(12-13-29-21)22(24-3)25-9-8-19-16-30-23(26-19)27-10-4-5-11-27/h6-7,14,16,21H,4-5,8-13,15H2,1-3H3,(H,24,25). The minimum absolute atomic E-state index is 0.0828. The second kappa shape index (κ2) is 9.79. The van der Waals surface area contributed by atoms with Gasteiger partial charge >= 0.3 is 0 Å². The van der Waals surface area contributed by atoms with Gasteiger partial charge in [-0.05, 0) is 37.8 Å². The maximum Gasteiger partial charge on any atom is 0.193 e. The molecule has 1 N–H and O–H groups in total. The number of aryl methyl sites for hydroxylation is 2. The Bertz CT molecular complexity index is 874. The number of rotatable bonds is 5. The first kappa shape index (κ1) is 21.1. The molecule has 30 heavy (non-hydrogen) atoms. The van der Waals surface area contributed by atoms with Crippen LogP contribution in [0.2, 0.25) is 0 Å². The fourth-order valence-corrected chi connectivity index (χ4v) is 5.23. The second-order valence-electron chi connectivity index (χ2n) is 8.21. The number of anilines is 1. The molecule has 4 rings (SSSR count). The molecule has 2 aliphatic rings. The van der Waals surface area contributed by atoms with E-state index in [1.165, 1.54) is 40.4 Å². The van der Waals surface area contributed by atoms with Crippen molar-refractivity contribution >= 4 is 22.4 Å². The number of guanidine groups is 1. The molecule has 0 bridgehead atoms. The van der Waals surface area contributed by atoms with E-state index in [0.717, 1.165) is 45.1 Å². The summed E-state index contributed by atoms with van der Waals surface area (Å²) in [6.07, 6.45) is 3.57. The Morgan fingerprint density at radius 1 is 1.27 bits per heavy atom. The van der Waals surface area contributed by atoms with Crippen molar-refractivity contribution in [1.29, 1.82) is 0 Å². The van der Waals surface area contributed by atoms with Crippen LogP contribution in [0, 0.1) is 13.8 Å². The van der Waals surface area contributed by atoms with Crippen LogP contribution in [-0.4, -0.2) is 62.2 Å². The van der Waals surface area contributed by atoms with Crippen LogP contribution in [0.1, 0.15) is 41.3 Å². The Morgan fingerprint density at radius 2 is 2.10 bits per heavy atom. The average molecular weight is 428 g/mol. The summed E-state index contributed by atoms with van der Waals surface area (Å²) in [5.41, 5.74) is 5.02. The van der Waals surface area contributed by atoms with Crippen LogP contribution in [0.3, 0.4) is 0 Å². The summed E-state index contributed by atoms with van der Waals surface area (Å²) in [5.74, 6) is 0.947. The van der Waals surface area contributed by atoms with Crippen molar-refractivity contribution in [2.24, 2.45) is 4.99 Å². The normalized spacial score (nSPS) is 20.1. The number of hydrogen-bond donors (Lipinski definition) is 1. The first-order valence-electron chi connectivity index (χ1n) is 11.0. The van der Waals surface area contributed by atoms with Crippen LogP contribution in [0.4, 0.5) is 5.13 Å². The van der Waals surface area contributed by atoms with E-state index in [1.54, 1.807) is 11.3 Å². The summed E-state index contributed by atoms with van der Waals surface area (Å²) in [4.78, 5) is 14.1. The predicted molar refractivity (Wildman–Crippen MR) is 125 cm³/mol. The fraction of sp³-hybridized carbons (Fsp3) is 0.565. The van der Waals surface area contributed by atoms with E-state index in [0.29, 0.717) is 6.61 Å². The van der Waals surface area contributed by atoms with Crippen molar-refractivity contribution in [2.45, 2.75) is 39.2 Å². The lowest BCUT2D eigenvalue weighted by atomic mass is 10.00. The number of aliphatic imine (C=N–C) groups is 1. The molecular formula is C23H33N5OS. The van der Waals surface area contributed by atoms with E-state index >= 15 is 0 Å². The average Bonchev–Trinajstić information content (AvgIpc) is 3.43. The molecule has 0 radical (unpaired) electrons. The zero-order chi connectivity index (χ0) is 20.9. The molecule has 6 nitrogen and oxygen atoms in total. The summed E-state index contributed by atoms with van der Waals surface area (Å²) in [6, 6.07) is 6.60. The molecule has 7 heteroatoms. The first-order valence-corrected chi connectivity index (χ1v) is 11.9. The molecular weight excluding hydrogens is 394 g/mol. The van der Waals surface area contributed by atoms with Gasteiger partial charge in [-0.25, -0.2) is 4.98 Å². The highest BCUT2D eigenvalue weighted by Crippen LogP contribution is 2.26. The van der Waals surface area contributed by atoms with Gasteiger partial charge in [0.15, 0.2) is 11.1 Å². The van der Waals surface area contributed by atoms with Crippen molar-refractivity contribution in [3.05, 3.63) is 46.0 Å². The maximum absolute atomic E-state index is 6.10. The number of morpholine rings is 1. The van der Waals surface area contributed by atoms with E-state index in [-0.39, 0.29) is 6.10 Å². The van der Waals surface area contributed by atoms with Crippen molar-refractivity contribution in [3.8, 4) is 0 Å². The lowest BCUT2D eigenvalue weighted by molar-refractivity contribution is -0.00830. The molecule has 0 aliphatic carbocycles. The lowest BCUT2D eigenvalue weighted by Gasteiger charge is -2.35. The third-order valence-corrected chi connectivity index (χ3v) is 6.88. The first-order chi connectivity index (χ1) is 14.6. The number of thiazole rings is 1. The molecule has 2 fully saturated rings. The molecule has 1 aromatic heterocycles. The SMILES string of the molecule is CN=C(NCCc1csc(N2CCCC2)n1)N1CCOC(c2ccc(C)cc2C)C1. The van der Waals surface area contributed by atoms with Gasteiger partial charge in [-0.1, -0.05) is 23.8 Å². The predicted octanol–water partition coefficient (Wildman–Crippen LogP) is 3.55. The highest BCUT2D eigenvalue weighted by molar-refractivity contribution is 7.13. The zero-order valence-corrected chi connectivity index (χ0v) is 19.2. The molecule has 3 heterocycles. The van der Waals surface area contributed by atoms with Crippen LogP contribution < -0.4 is 10.2 Å². The molecule has 2 aromatic rings. The second-order valence-corrected chi connectivity index (χ2v) is 9.04. The van der Waals surface area contributed by atoms with Gasteiger partial charge < -0.3 is 19.9 Å². The molecule has 1 aromatic carbocycles. The Balaban J connectivity index is 1.31. The van der Waals surface area contributed by atoms with Gasteiger partial charge in [-0.2, -0.15) is 0 Å². The summed E-state index contributed by atoms with van der Waals surface area (Å²) >= 11 is 1.77. The highest BCUT2D eigenvalue weighted by atomic mass is 32.1. The number of hydrogen-bond acceptors (Lipinski definition) is 5. The van der Waals surface area contributed by atoms with Crippen molar-refractivity contribution < 1.29 is 4.74 Å². The van der Waals surface area contributed by atoms with Crippen LogP contribution in [0.5, 0.6) is 0 Å². The summed E-state index contributed by atoms with van der Waals surface area (Å²) in [7, 11) is 1.86. The van der Waals surface area contributed by atoms with Crippen molar-refractivity contribution in [2.75, 3.05) is 51.3 Å². The molecule has 1 unspecified atom stereocenters. The third kappa shape index (κ3) is 4.95. The Labute approximate surface area is 184 Å². The number of ether oxygens (including phenoxy) is 1. The largest absolute Gasteiger partial charge is 0.370 e. The highest BCUT2D eigenvalue weighted by Gasteiger charge is 2.25. The van der Waals surface area contributed by atoms with Gasteiger partial charge in [0.05, 0.1) is 18.8 Å². The quantitative estimate of drug-likeness (QED) is 0.584. The molecule has 162 valence electrons. The Hall–Kier alpha value is -2.12. The van der Waals surface area contributed by atoms with Crippen molar-refractivity contribution in [3.63, 3.8) is 0 Å². The van der Waals surface area contributed by atoms with E-state index in [2.05, 4.69) is 57.5 Å². The van der Waals surface area contributed by atoms with E-state index in [1.807, 2.05) is 7.05 Å². The third-order valence-electron chi connectivity index (χ3n) is 5.93. The Kier molecular flexibility index (Phi) is 6.89. The molecule has 1 atom stereocenters. The van der Waals surface area contributed by atoms with Gasteiger partial charge in [-0.15, -0.1) is 11.3 Å². The van der Waals surface area contributed by atoms with Crippen LogP contribution in [0.15, 0.2) is 28.6 Å². The summed E-state index contributed by atoms with van der Waals surface area (Å²) < 4.78 is 6.10. The molecule has 2 aliphatic heterocycles. The van der Waals surface area contributed by atoms with Crippen LogP contribution >= 0.6 is 11.3 Å². The van der Waals surface area contributed by atoms with E-state index in [9.17, 15) is 0 Å². The smallest absolute Gasteiger partial charge is 0.193 e. The number of aromatic nitrogens is 1.